The quantitative estimate of drug-likeness (QED) is 0.104. The van der Waals surface area contributed by atoms with Gasteiger partial charge in [0.2, 0.25) is 11.8 Å². The number of hydrogen-bond donors (Lipinski definition) is 5. The third kappa shape index (κ3) is 11.1. The fourth-order valence-corrected chi connectivity index (χ4v) is 11.8. The number of carbonyl (C=O) groups is 5. The van der Waals surface area contributed by atoms with Gasteiger partial charge in [0.15, 0.2) is 21.8 Å². The SMILES string of the molecule is CNC(=O)OC(C)C(=O)N[C@H]1CN(C(=O)c2cnc(N3CCC(COc4cc5ncnc(Nc6n[nH]c(C)c6C)c5cc4S(=O)(=O)C(C)(C)C)CC3)cn2)CC[C@H]2CC[C@@H](C(=O)N[C@@H]3CCCc4ccccc43)N2C1=O. The number of benzene rings is 2. The number of nitrogens with one attached hydrogen (secondary N) is 5. The molecule has 3 aliphatic heterocycles. The summed E-state index contributed by atoms with van der Waals surface area (Å²) in [6.07, 6.45) is 7.61. The first-order valence-corrected chi connectivity index (χ1v) is 27.5. The first-order chi connectivity index (χ1) is 36.3. The number of rotatable bonds is 13. The van der Waals surface area contributed by atoms with E-state index in [-0.39, 0.29) is 53.9 Å². The molecule has 1 unspecified atom stereocenters. The maximum atomic E-state index is 14.7. The lowest BCUT2D eigenvalue weighted by Crippen LogP contribution is -2.62. The summed E-state index contributed by atoms with van der Waals surface area (Å²) in [6.45, 7) is 11.6. The molecule has 5 amide bonds. The summed E-state index contributed by atoms with van der Waals surface area (Å²) < 4.78 is 38.6. The minimum atomic E-state index is -3.89. The zero-order chi connectivity index (χ0) is 54.1. The van der Waals surface area contributed by atoms with Gasteiger partial charge in [-0.15, -0.1) is 0 Å². The number of anilines is 3. The highest BCUT2D eigenvalue weighted by atomic mass is 32.2. The average molecular weight is 1060 g/mol. The van der Waals surface area contributed by atoms with Gasteiger partial charge in [-0.1, -0.05) is 24.3 Å². The Labute approximate surface area is 441 Å². The molecular formula is C53H67N13O9S. The third-order valence-electron chi connectivity index (χ3n) is 15.2. The van der Waals surface area contributed by atoms with Crippen LogP contribution in [0.25, 0.3) is 10.9 Å². The molecule has 23 heteroatoms. The summed E-state index contributed by atoms with van der Waals surface area (Å²) in [4.78, 5) is 91.9. The summed E-state index contributed by atoms with van der Waals surface area (Å²) in [5, 5.41) is 19.3. The van der Waals surface area contributed by atoms with E-state index in [2.05, 4.69) is 62.4 Å². The van der Waals surface area contributed by atoms with E-state index < -0.39 is 62.6 Å². The monoisotopic (exact) mass is 1060 g/mol. The Morgan fingerprint density at radius 1 is 0.895 bits per heavy atom. The number of alkyl carbamates (subject to hydrolysis) is 1. The summed E-state index contributed by atoms with van der Waals surface area (Å²) in [7, 11) is -2.53. The van der Waals surface area contributed by atoms with Crippen LogP contribution in [0.15, 0.2) is 60.0 Å². The van der Waals surface area contributed by atoms with Crippen LogP contribution >= 0.6 is 0 Å². The van der Waals surface area contributed by atoms with Crippen molar-refractivity contribution in [3.05, 3.63) is 83.2 Å². The molecule has 2 aromatic carbocycles. The molecule has 404 valence electrons. The van der Waals surface area contributed by atoms with Crippen LogP contribution in [0.4, 0.5) is 22.2 Å². The van der Waals surface area contributed by atoms with Crippen molar-refractivity contribution in [2.24, 2.45) is 5.92 Å². The molecule has 5 aromatic rings. The van der Waals surface area contributed by atoms with Crippen molar-refractivity contribution in [2.45, 2.75) is 133 Å². The fourth-order valence-electron chi connectivity index (χ4n) is 10.5. The number of H-pyrrole nitrogens is 1. The number of fused-ring (bicyclic) bond motifs is 3. The maximum Gasteiger partial charge on any atom is 0.407 e. The van der Waals surface area contributed by atoms with Crippen molar-refractivity contribution in [3.63, 3.8) is 0 Å². The summed E-state index contributed by atoms with van der Waals surface area (Å²) in [5.41, 5.74) is 4.61. The van der Waals surface area contributed by atoms with E-state index >= 15 is 0 Å². The molecule has 0 spiro atoms. The molecule has 76 heavy (non-hydrogen) atoms. The van der Waals surface area contributed by atoms with E-state index in [1.807, 2.05) is 32.0 Å². The van der Waals surface area contributed by atoms with Crippen LogP contribution in [0, 0.1) is 19.8 Å². The number of hydrogen-bond acceptors (Lipinski definition) is 16. The van der Waals surface area contributed by atoms with E-state index in [1.165, 1.54) is 37.0 Å². The Morgan fingerprint density at radius 2 is 1.67 bits per heavy atom. The van der Waals surface area contributed by atoms with Crippen LogP contribution in [-0.2, 0) is 35.4 Å². The second kappa shape index (κ2) is 22.0. The Kier molecular flexibility index (Phi) is 15.5. The summed E-state index contributed by atoms with van der Waals surface area (Å²) in [5.74, 6) is -0.173. The number of ether oxygens (including phenoxy) is 2. The minimum Gasteiger partial charge on any atom is -0.492 e. The molecule has 5 atom stereocenters. The zero-order valence-electron chi connectivity index (χ0n) is 44.0. The van der Waals surface area contributed by atoms with E-state index in [9.17, 15) is 32.4 Å². The zero-order valence-corrected chi connectivity index (χ0v) is 44.8. The van der Waals surface area contributed by atoms with Gasteiger partial charge in [-0.05, 0) is 116 Å². The van der Waals surface area contributed by atoms with Gasteiger partial charge in [0.05, 0.1) is 41.9 Å². The number of sulfone groups is 1. The van der Waals surface area contributed by atoms with Gasteiger partial charge >= 0.3 is 6.09 Å². The highest BCUT2D eigenvalue weighted by Gasteiger charge is 2.46. The second-order valence-electron chi connectivity index (χ2n) is 21.1. The number of piperidine rings is 1. The van der Waals surface area contributed by atoms with Crippen LogP contribution in [0.3, 0.4) is 0 Å². The van der Waals surface area contributed by atoms with Gasteiger partial charge in [-0.25, -0.2) is 33.1 Å². The van der Waals surface area contributed by atoms with E-state index in [4.69, 9.17) is 9.47 Å². The molecular weight excluding hydrogens is 995 g/mol. The van der Waals surface area contributed by atoms with Crippen LogP contribution in [0.2, 0.25) is 0 Å². The van der Waals surface area contributed by atoms with Gasteiger partial charge in [-0.3, -0.25) is 24.3 Å². The number of carbonyl (C=O) groups excluding carboxylic acids is 5. The largest absolute Gasteiger partial charge is 0.492 e. The van der Waals surface area contributed by atoms with Crippen LogP contribution in [-0.4, -0.2) is 147 Å². The van der Waals surface area contributed by atoms with Crippen molar-refractivity contribution in [1.82, 2.24) is 55.9 Å². The molecule has 4 aliphatic rings. The van der Waals surface area contributed by atoms with E-state index in [0.29, 0.717) is 73.6 Å². The molecule has 22 nitrogen and oxygen atoms in total. The van der Waals surface area contributed by atoms with E-state index in [1.54, 1.807) is 44.0 Å². The lowest BCUT2D eigenvalue weighted by Gasteiger charge is -2.39. The van der Waals surface area contributed by atoms with Gasteiger partial charge in [0.1, 0.15) is 46.4 Å². The number of aromatic amines is 1. The number of aromatic nitrogens is 6. The molecule has 3 fully saturated rings. The fraction of sp³-hybridized carbons (Fsp3) is 0.509. The first kappa shape index (κ1) is 53.4. The van der Waals surface area contributed by atoms with Gasteiger partial charge in [-0.2, -0.15) is 5.10 Å². The first-order valence-electron chi connectivity index (χ1n) is 26.0. The normalized spacial score (nSPS) is 20.7. The molecule has 5 N–H and O–H groups in total. The minimum absolute atomic E-state index is 0.0441. The Balaban J connectivity index is 0.857. The third-order valence-corrected chi connectivity index (χ3v) is 17.7. The van der Waals surface area contributed by atoms with E-state index in [0.717, 1.165) is 36.1 Å². The topological polar surface area (TPSA) is 276 Å². The molecule has 3 saturated heterocycles. The number of amides is 5. The lowest BCUT2D eigenvalue weighted by atomic mass is 9.87. The maximum absolute atomic E-state index is 14.7. The molecule has 0 radical (unpaired) electrons. The van der Waals surface area contributed by atoms with Crippen molar-refractivity contribution in [2.75, 3.05) is 50.1 Å². The predicted octanol–water partition coefficient (Wildman–Crippen LogP) is 5.00. The molecule has 1 aliphatic carbocycles. The summed E-state index contributed by atoms with van der Waals surface area (Å²) >= 11 is 0. The Morgan fingerprint density at radius 3 is 2.38 bits per heavy atom. The smallest absolute Gasteiger partial charge is 0.407 e. The van der Waals surface area contributed by atoms with Gasteiger partial charge in [0.25, 0.3) is 11.8 Å². The standard InChI is InChI=1S/C53H67N13O9S/c1-30-31(2)62-63-46(30)61-47-37-23-44(76(72,73)53(4,5)6)43(24-39(37)57-29-58-47)74-28-33-17-20-64(21-18-33)45-26-55-40(25-56-45)50(69)65-22-19-35-15-16-42(49(68)59-38-14-10-12-34-11-8-9-13-36(34)38)66(35)51(70)41(27-65)60-48(67)32(3)75-52(71)54-7/h8-9,11,13,23-26,29,32-33,35,38,41-42H,10,12,14-22,27-28H2,1-7H3,(H,54,71)(H,59,68)(H,60,67)(H2,57,58,61,62,63)/t32?,35-,38-,41+,42+/m1/s1. The summed E-state index contributed by atoms with van der Waals surface area (Å²) in [6, 6.07) is 8.64. The molecule has 0 saturated carbocycles. The average Bonchev–Trinajstić information content (AvgIpc) is 3.98. The molecule has 3 aromatic heterocycles. The van der Waals surface area contributed by atoms with Crippen molar-refractivity contribution in [3.8, 4) is 5.75 Å². The van der Waals surface area contributed by atoms with Crippen LogP contribution < -0.4 is 30.9 Å². The second-order valence-corrected chi connectivity index (χ2v) is 23.8. The molecule has 6 heterocycles. The predicted molar refractivity (Wildman–Crippen MR) is 282 cm³/mol. The molecule has 9 rings (SSSR count). The van der Waals surface area contributed by atoms with Gasteiger partial charge in [0, 0.05) is 55.4 Å². The molecule has 0 bridgehead atoms. The number of aryl methyl sites for hydroxylation is 2. The lowest BCUT2D eigenvalue weighted by molar-refractivity contribution is -0.145. The van der Waals surface area contributed by atoms with Crippen molar-refractivity contribution >= 4 is 67.9 Å². The number of nitrogens with zero attached hydrogens (tertiary/aromatic N) is 8. The highest BCUT2D eigenvalue weighted by molar-refractivity contribution is 7.92. The van der Waals surface area contributed by atoms with Crippen LogP contribution in [0.5, 0.6) is 5.75 Å². The van der Waals surface area contributed by atoms with Gasteiger partial charge < -0.3 is 45.4 Å². The van der Waals surface area contributed by atoms with Crippen molar-refractivity contribution < 1.29 is 41.9 Å². The van der Waals surface area contributed by atoms with Crippen LogP contribution in [0.1, 0.15) is 112 Å². The Bertz CT molecular complexity index is 3120. The Hall–Kier alpha value is -7.43. The highest BCUT2D eigenvalue weighted by Crippen LogP contribution is 2.39. The van der Waals surface area contributed by atoms with Crippen molar-refractivity contribution in [1.29, 1.82) is 0 Å².